The zero-order chi connectivity index (χ0) is 18.6. The number of nitrogens with one attached hydrogen (secondary N) is 2. The number of hydrogen-bond acceptors (Lipinski definition) is 4. The third-order valence-corrected chi connectivity index (χ3v) is 3.74. The molecule has 0 saturated carbocycles. The lowest BCUT2D eigenvalue weighted by Crippen LogP contribution is -2.48. The number of urea groups is 1. The van der Waals surface area contributed by atoms with Crippen LogP contribution in [0, 0.1) is 5.41 Å². The third kappa shape index (κ3) is 6.90. The van der Waals surface area contributed by atoms with Gasteiger partial charge in [-0.1, -0.05) is 36.4 Å². The minimum absolute atomic E-state index is 0.265. The van der Waals surface area contributed by atoms with E-state index in [9.17, 15) is 4.79 Å². The standard InChI is InChI=1S/C19H25N5O2/c20-18(21)24(12-5-9-16-8-4-10-22-14-16)19(25)23-11-13-26-15-17-6-2-1-3-7-17/h1-4,6-8,10,14H,5,9,11-13,15H2,(H3,20,21)(H,23,25). The van der Waals surface area contributed by atoms with E-state index < -0.39 is 0 Å². The lowest BCUT2D eigenvalue weighted by Gasteiger charge is -2.21. The normalized spacial score (nSPS) is 10.3. The highest BCUT2D eigenvalue weighted by Crippen LogP contribution is 2.03. The molecule has 0 aliphatic rings. The van der Waals surface area contributed by atoms with Gasteiger partial charge in [0.15, 0.2) is 5.96 Å². The number of benzene rings is 1. The molecule has 0 fully saturated rings. The summed E-state index contributed by atoms with van der Waals surface area (Å²) in [7, 11) is 0. The minimum Gasteiger partial charge on any atom is -0.375 e. The van der Waals surface area contributed by atoms with Crippen molar-refractivity contribution in [1.82, 2.24) is 15.2 Å². The molecule has 2 rings (SSSR count). The first-order valence-electron chi connectivity index (χ1n) is 8.57. The summed E-state index contributed by atoms with van der Waals surface area (Å²) in [4.78, 5) is 17.5. The maximum Gasteiger partial charge on any atom is 0.324 e. The van der Waals surface area contributed by atoms with Crippen molar-refractivity contribution < 1.29 is 9.53 Å². The minimum atomic E-state index is -0.382. The van der Waals surface area contributed by atoms with Crippen molar-refractivity contribution in [2.45, 2.75) is 19.4 Å². The molecule has 0 unspecified atom stereocenters. The fourth-order valence-electron chi connectivity index (χ4n) is 2.41. The van der Waals surface area contributed by atoms with Crippen LogP contribution in [0.25, 0.3) is 0 Å². The van der Waals surface area contributed by atoms with Crippen molar-refractivity contribution in [2.24, 2.45) is 5.73 Å². The van der Waals surface area contributed by atoms with Crippen molar-refractivity contribution >= 4 is 12.0 Å². The molecule has 2 amide bonds. The molecule has 0 saturated heterocycles. The average molecular weight is 355 g/mol. The van der Waals surface area contributed by atoms with Crippen LogP contribution in [0.5, 0.6) is 0 Å². The molecule has 0 aliphatic heterocycles. The van der Waals surface area contributed by atoms with Gasteiger partial charge in [-0.2, -0.15) is 0 Å². The number of nitrogens with zero attached hydrogens (tertiary/aromatic N) is 2. The van der Waals surface area contributed by atoms with Crippen LogP contribution >= 0.6 is 0 Å². The molecule has 0 spiro atoms. The van der Waals surface area contributed by atoms with Gasteiger partial charge in [0.1, 0.15) is 0 Å². The Balaban J connectivity index is 1.66. The van der Waals surface area contributed by atoms with Crippen LogP contribution in [0.2, 0.25) is 0 Å². The van der Waals surface area contributed by atoms with E-state index in [2.05, 4.69) is 10.3 Å². The van der Waals surface area contributed by atoms with E-state index in [-0.39, 0.29) is 12.0 Å². The van der Waals surface area contributed by atoms with Gasteiger partial charge in [-0.15, -0.1) is 0 Å². The van der Waals surface area contributed by atoms with Crippen LogP contribution in [0.15, 0.2) is 54.9 Å². The van der Waals surface area contributed by atoms with Crippen LogP contribution in [-0.4, -0.2) is 41.6 Å². The number of amides is 2. The Kier molecular flexibility index (Phi) is 8.08. The third-order valence-electron chi connectivity index (χ3n) is 3.74. The molecule has 1 aromatic heterocycles. The molecular weight excluding hydrogens is 330 g/mol. The molecule has 0 radical (unpaired) electrons. The summed E-state index contributed by atoms with van der Waals surface area (Å²) in [6.07, 6.45) is 4.98. The SMILES string of the molecule is N=C(N)N(CCCc1cccnc1)C(=O)NCCOCc1ccccc1. The highest BCUT2D eigenvalue weighted by molar-refractivity contribution is 5.93. The topological polar surface area (TPSA) is 104 Å². The Bertz CT molecular complexity index is 679. The second kappa shape index (κ2) is 10.8. The number of carbonyl (C=O) groups is 1. The zero-order valence-electron chi connectivity index (χ0n) is 14.7. The average Bonchev–Trinajstić information content (AvgIpc) is 2.66. The summed E-state index contributed by atoms with van der Waals surface area (Å²) in [5.41, 5.74) is 7.70. The van der Waals surface area contributed by atoms with Crippen molar-refractivity contribution in [3.63, 3.8) is 0 Å². The van der Waals surface area contributed by atoms with E-state index in [1.54, 1.807) is 12.4 Å². The molecule has 0 aliphatic carbocycles. The molecule has 2 aromatic rings. The second-order valence-electron chi connectivity index (χ2n) is 5.77. The fraction of sp³-hybridized carbons (Fsp3) is 0.316. The largest absolute Gasteiger partial charge is 0.375 e. The Hall–Kier alpha value is -2.93. The molecule has 138 valence electrons. The molecule has 1 heterocycles. The van der Waals surface area contributed by atoms with E-state index in [4.69, 9.17) is 15.9 Å². The van der Waals surface area contributed by atoms with Gasteiger partial charge in [-0.3, -0.25) is 15.3 Å². The van der Waals surface area contributed by atoms with E-state index in [0.717, 1.165) is 17.5 Å². The first kappa shape index (κ1) is 19.4. The number of pyridine rings is 1. The van der Waals surface area contributed by atoms with Gasteiger partial charge in [0, 0.05) is 25.5 Å². The molecule has 0 bridgehead atoms. The molecule has 0 atom stereocenters. The number of guanidine groups is 1. The van der Waals surface area contributed by atoms with Crippen LogP contribution in [-0.2, 0) is 17.8 Å². The van der Waals surface area contributed by atoms with E-state index in [0.29, 0.717) is 32.7 Å². The quantitative estimate of drug-likeness (QED) is 0.364. The summed E-state index contributed by atoms with van der Waals surface area (Å²) < 4.78 is 5.52. The Morgan fingerprint density at radius 1 is 1.19 bits per heavy atom. The second-order valence-corrected chi connectivity index (χ2v) is 5.77. The molecule has 1 aromatic carbocycles. The van der Waals surface area contributed by atoms with Crippen LogP contribution in [0.3, 0.4) is 0 Å². The first-order valence-corrected chi connectivity index (χ1v) is 8.57. The van der Waals surface area contributed by atoms with Crippen molar-refractivity contribution in [3.05, 3.63) is 66.0 Å². The summed E-state index contributed by atoms with van der Waals surface area (Å²) >= 11 is 0. The van der Waals surface area contributed by atoms with Crippen LogP contribution < -0.4 is 11.1 Å². The Morgan fingerprint density at radius 2 is 1.96 bits per heavy atom. The summed E-state index contributed by atoms with van der Waals surface area (Å²) in [5, 5.41) is 10.3. The van der Waals surface area contributed by atoms with E-state index >= 15 is 0 Å². The van der Waals surface area contributed by atoms with Crippen LogP contribution in [0.1, 0.15) is 17.5 Å². The highest BCUT2D eigenvalue weighted by Gasteiger charge is 2.15. The summed E-state index contributed by atoms with van der Waals surface area (Å²) in [5.74, 6) is -0.265. The van der Waals surface area contributed by atoms with Gasteiger partial charge in [0.25, 0.3) is 0 Å². The number of carbonyl (C=O) groups excluding carboxylic acids is 1. The lowest BCUT2D eigenvalue weighted by atomic mass is 10.1. The number of aromatic nitrogens is 1. The maximum atomic E-state index is 12.2. The van der Waals surface area contributed by atoms with E-state index in [1.807, 2.05) is 42.5 Å². The fourth-order valence-corrected chi connectivity index (χ4v) is 2.41. The number of hydrogen-bond donors (Lipinski definition) is 3. The highest BCUT2D eigenvalue weighted by atomic mass is 16.5. The number of ether oxygens (including phenoxy) is 1. The first-order chi connectivity index (χ1) is 12.7. The molecule has 4 N–H and O–H groups in total. The molecule has 7 nitrogen and oxygen atoms in total. The van der Waals surface area contributed by atoms with Gasteiger partial charge >= 0.3 is 6.03 Å². The predicted octanol–water partition coefficient (Wildman–Crippen LogP) is 2.14. The summed E-state index contributed by atoms with van der Waals surface area (Å²) in [6.45, 7) is 1.62. The van der Waals surface area contributed by atoms with E-state index in [1.165, 1.54) is 4.90 Å². The van der Waals surface area contributed by atoms with Crippen LogP contribution in [0.4, 0.5) is 4.79 Å². The summed E-state index contributed by atoms with van der Waals surface area (Å²) in [6, 6.07) is 13.3. The Morgan fingerprint density at radius 3 is 2.65 bits per heavy atom. The predicted molar refractivity (Wildman–Crippen MR) is 101 cm³/mol. The maximum absolute atomic E-state index is 12.2. The van der Waals surface area contributed by atoms with Crippen molar-refractivity contribution in [2.75, 3.05) is 19.7 Å². The van der Waals surface area contributed by atoms with Crippen molar-refractivity contribution in [1.29, 1.82) is 5.41 Å². The number of aryl methyl sites for hydroxylation is 1. The molecule has 26 heavy (non-hydrogen) atoms. The number of nitrogens with two attached hydrogens (primary N) is 1. The van der Waals surface area contributed by atoms with Gasteiger partial charge < -0.3 is 15.8 Å². The molecule has 7 heteroatoms. The van der Waals surface area contributed by atoms with Gasteiger partial charge in [0.05, 0.1) is 13.2 Å². The molecular formula is C19H25N5O2. The van der Waals surface area contributed by atoms with Gasteiger partial charge in [-0.05, 0) is 30.0 Å². The van der Waals surface area contributed by atoms with Crippen molar-refractivity contribution in [3.8, 4) is 0 Å². The van der Waals surface area contributed by atoms with Gasteiger partial charge in [-0.25, -0.2) is 4.79 Å². The Labute approximate surface area is 153 Å². The smallest absolute Gasteiger partial charge is 0.324 e. The number of rotatable bonds is 9. The van der Waals surface area contributed by atoms with Gasteiger partial charge in [0.2, 0.25) is 0 Å². The monoisotopic (exact) mass is 355 g/mol. The lowest BCUT2D eigenvalue weighted by molar-refractivity contribution is 0.122. The zero-order valence-corrected chi connectivity index (χ0v) is 14.7.